The Morgan fingerprint density at radius 3 is 1.62 bits per heavy atom. The Morgan fingerprint density at radius 1 is 1.25 bits per heavy atom. The van der Waals surface area contributed by atoms with Crippen molar-refractivity contribution in [2.24, 2.45) is 0 Å². The second-order valence-electron chi connectivity index (χ2n) is 1.36. The fraction of sp³-hybridized carbons (Fsp3) is 0.333. The lowest BCUT2D eigenvalue weighted by molar-refractivity contribution is -0.175. The van der Waals surface area contributed by atoms with Crippen LogP contribution in [0.3, 0.4) is 0 Å². The summed E-state index contributed by atoms with van der Waals surface area (Å²) in [5.41, 5.74) is 0. The summed E-state index contributed by atoms with van der Waals surface area (Å²) < 4.78 is 23.1. The first-order valence-corrected chi connectivity index (χ1v) is 1.79. The summed E-state index contributed by atoms with van der Waals surface area (Å²) in [6.45, 7) is 0. The zero-order valence-electron chi connectivity index (χ0n) is 3.57. The van der Waals surface area contributed by atoms with Crippen molar-refractivity contribution in [3.8, 4) is 0 Å². The second kappa shape index (κ2) is 1.04. The van der Waals surface area contributed by atoms with Crippen LogP contribution in [-0.4, -0.2) is 17.7 Å². The first-order chi connectivity index (χ1) is 3.55. The van der Waals surface area contributed by atoms with Crippen molar-refractivity contribution < 1.29 is 18.4 Å². The maximum Gasteiger partial charge on any atom is 0.401 e. The van der Waals surface area contributed by atoms with E-state index in [1.54, 1.807) is 0 Å². The number of carbonyl (C=O) groups excluding carboxylic acids is 2. The smallest absolute Gasteiger partial charge is 0.285 e. The Balaban J connectivity index is 2.81. The lowest BCUT2D eigenvalue weighted by Gasteiger charge is -2.21. The van der Waals surface area contributed by atoms with E-state index in [0.29, 0.717) is 0 Å². The summed E-state index contributed by atoms with van der Waals surface area (Å²) in [4.78, 5) is 19.4. The lowest BCUT2D eigenvalue weighted by atomic mass is 10.2. The van der Waals surface area contributed by atoms with Crippen LogP contribution in [0.25, 0.3) is 0 Å². The van der Waals surface area contributed by atoms with E-state index in [1.165, 1.54) is 5.32 Å². The number of hydrogen-bond acceptors (Lipinski definition) is 2. The highest BCUT2D eigenvalue weighted by Crippen LogP contribution is 2.20. The minimum Gasteiger partial charge on any atom is -0.285 e. The first-order valence-electron chi connectivity index (χ1n) is 1.79. The largest absolute Gasteiger partial charge is 0.401 e. The first kappa shape index (κ1) is 5.14. The lowest BCUT2D eigenvalue weighted by Crippen LogP contribution is -2.64. The highest BCUT2D eigenvalue weighted by atomic mass is 19.3. The molecule has 1 N–H and O–H groups in total. The van der Waals surface area contributed by atoms with Gasteiger partial charge in [0.15, 0.2) is 0 Å². The summed E-state index contributed by atoms with van der Waals surface area (Å²) >= 11 is 0. The molecule has 3 nitrogen and oxygen atoms in total. The van der Waals surface area contributed by atoms with E-state index in [1.807, 2.05) is 0 Å². The number of alkyl halides is 2. The van der Waals surface area contributed by atoms with Crippen LogP contribution in [0.4, 0.5) is 8.78 Å². The SMILES string of the molecule is O=C1NC(=O)C1(F)F. The summed E-state index contributed by atoms with van der Waals surface area (Å²) in [7, 11) is 0. The predicted octanol–water partition coefficient (Wildman–Crippen LogP) is -0.722. The molecule has 0 saturated carbocycles. The summed E-state index contributed by atoms with van der Waals surface area (Å²) in [5, 5.41) is 1.37. The van der Waals surface area contributed by atoms with Gasteiger partial charge in [0.25, 0.3) is 0 Å². The van der Waals surface area contributed by atoms with Crippen LogP contribution in [0.5, 0.6) is 0 Å². The van der Waals surface area contributed by atoms with Gasteiger partial charge in [0.1, 0.15) is 0 Å². The molecular formula is C3HF2NO2. The molecule has 5 heteroatoms. The fourth-order valence-electron chi connectivity index (χ4n) is 0.301. The van der Waals surface area contributed by atoms with E-state index >= 15 is 0 Å². The van der Waals surface area contributed by atoms with Crippen molar-refractivity contribution >= 4 is 11.8 Å². The van der Waals surface area contributed by atoms with Gasteiger partial charge in [-0.15, -0.1) is 0 Å². The quantitative estimate of drug-likeness (QED) is 0.339. The van der Waals surface area contributed by atoms with Gasteiger partial charge >= 0.3 is 17.7 Å². The monoisotopic (exact) mass is 121 g/mol. The third-order valence-electron chi connectivity index (χ3n) is 0.797. The van der Waals surface area contributed by atoms with E-state index in [-0.39, 0.29) is 0 Å². The van der Waals surface area contributed by atoms with E-state index in [0.717, 1.165) is 0 Å². The molecule has 1 saturated heterocycles. The van der Waals surface area contributed by atoms with E-state index in [4.69, 9.17) is 0 Å². The zero-order chi connectivity index (χ0) is 6.36. The van der Waals surface area contributed by atoms with Crippen LogP contribution in [0.1, 0.15) is 0 Å². The maximum atomic E-state index is 11.6. The predicted molar refractivity (Wildman–Crippen MR) is 18.1 cm³/mol. The number of nitrogens with one attached hydrogen (secondary N) is 1. The summed E-state index contributed by atoms with van der Waals surface area (Å²) in [6.07, 6.45) is 0. The van der Waals surface area contributed by atoms with Gasteiger partial charge in [0.2, 0.25) is 0 Å². The molecule has 0 bridgehead atoms. The number of hydrogen-bond donors (Lipinski definition) is 1. The van der Waals surface area contributed by atoms with Gasteiger partial charge in [-0.2, -0.15) is 8.78 Å². The third kappa shape index (κ3) is 0.356. The Kier molecular flexibility index (Phi) is 0.670. The highest BCUT2D eigenvalue weighted by molar-refractivity contribution is 6.23. The Morgan fingerprint density at radius 2 is 1.62 bits per heavy atom. The fourth-order valence-corrected chi connectivity index (χ4v) is 0.301. The molecule has 0 aromatic heterocycles. The molecule has 0 aromatic carbocycles. The van der Waals surface area contributed by atoms with Crippen molar-refractivity contribution in [1.82, 2.24) is 5.32 Å². The number of imide groups is 1. The molecule has 0 atom stereocenters. The number of amides is 2. The van der Waals surface area contributed by atoms with Crippen molar-refractivity contribution in [2.45, 2.75) is 5.92 Å². The average molecular weight is 121 g/mol. The average Bonchev–Trinajstić information content (AvgIpc) is 1.68. The summed E-state index contributed by atoms with van der Waals surface area (Å²) in [5.74, 6) is -6.77. The Hall–Kier alpha value is -1.00. The minimum atomic E-state index is -3.75. The van der Waals surface area contributed by atoms with Crippen molar-refractivity contribution in [3.63, 3.8) is 0 Å². The molecule has 1 rings (SSSR count). The molecule has 0 spiro atoms. The molecule has 1 aliphatic rings. The normalized spacial score (nSPS) is 24.2. The molecule has 1 aliphatic heterocycles. The van der Waals surface area contributed by atoms with Gasteiger partial charge in [-0.1, -0.05) is 0 Å². The zero-order valence-corrected chi connectivity index (χ0v) is 3.57. The molecule has 44 valence electrons. The van der Waals surface area contributed by atoms with Gasteiger partial charge < -0.3 is 0 Å². The summed E-state index contributed by atoms with van der Waals surface area (Å²) in [6, 6.07) is 0. The molecule has 0 radical (unpaired) electrons. The number of halogens is 2. The second-order valence-corrected chi connectivity index (χ2v) is 1.36. The topological polar surface area (TPSA) is 46.2 Å². The van der Waals surface area contributed by atoms with Gasteiger partial charge in [-0.25, -0.2) is 0 Å². The number of β-lactam (4-membered cyclic amide) rings is 2. The molecule has 8 heavy (non-hydrogen) atoms. The van der Waals surface area contributed by atoms with E-state index in [2.05, 4.69) is 0 Å². The molecule has 2 amide bonds. The van der Waals surface area contributed by atoms with Crippen molar-refractivity contribution in [2.75, 3.05) is 0 Å². The van der Waals surface area contributed by atoms with E-state index in [9.17, 15) is 18.4 Å². The van der Waals surface area contributed by atoms with Gasteiger partial charge in [-0.3, -0.25) is 14.9 Å². The Bertz CT molecular complexity index is 149. The standard InChI is InChI=1S/C3HF2NO2/c4-3(5)1(7)6-2(3)8/h(H,6,7,8). The number of rotatable bonds is 0. The van der Waals surface area contributed by atoms with Crippen LogP contribution in [0.15, 0.2) is 0 Å². The van der Waals surface area contributed by atoms with Crippen LogP contribution in [-0.2, 0) is 9.59 Å². The Labute approximate surface area is 42.7 Å². The third-order valence-corrected chi connectivity index (χ3v) is 0.797. The van der Waals surface area contributed by atoms with Crippen molar-refractivity contribution in [1.29, 1.82) is 0 Å². The molecule has 0 unspecified atom stereocenters. The van der Waals surface area contributed by atoms with Crippen LogP contribution >= 0.6 is 0 Å². The molecule has 0 aliphatic carbocycles. The molecule has 1 heterocycles. The van der Waals surface area contributed by atoms with E-state index < -0.39 is 17.7 Å². The van der Waals surface area contributed by atoms with Gasteiger partial charge in [0, 0.05) is 0 Å². The highest BCUT2D eigenvalue weighted by Gasteiger charge is 2.57. The van der Waals surface area contributed by atoms with Crippen LogP contribution < -0.4 is 5.32 Å². The van der Waals surface area contributed by atoms with Crippen LogP contribution in [0.2, 0.25) is 0 Å². The minimum absolute atomic E-state index is 1.37. The molecule has 1 fully saturated rings. The van der Waals surface area contributed by atoms with Gasteiger partial charge in [0.05, 0.1) is 0 Å². The van der Waals surface area contributed by atoms with Crippen molar-refractivity contribution in [3.05, 3.63) is 0 Å². The molecule has 0 aromatic rings. The maximum absolute atomic E-state index is 11.6. The van der Waals surface area contributed by atoms with Gasteiger partial charge in [-0.05, 0) is 0 Å². The van der Waals surface area contributed by atoms with Crippen LogP contribution in [0, 0.1) is 0 Å². The number of carbonyl (C=O) groups is 2. The molecular weight excluding hydrogens is 120 g/mol.